The van der Waals surface area contributed by atoms with E-state index in [0.29, 0.717) is 5.92 Å². The summed E-state index contributed by atoms with van der Waals surface area (Å²) < 4.78 is 2.12. The van der Waals surface area contributed by atoms with Crippen LogP contribution in [0.25, 0.3) is 5.69 Å². The fourth-order valence-corrected chi connectivity index (χ4v) is 2.39. The van der Waals surface area contributed by atoms with Crippen molar-refractivity contribution in [2.45, 2.75) is 40.2 Å². The van der Waals surface area contributed by atoms with Gasteiger partial charge in [0.05, 0.1) is 18.2 Å². The summed E-state index contributed by atoms with van der Waals surface area (Å²) in [6.07, 6.45) is 4.71. The van der Waals surface area contributed by atoms with Crippen LogP contribution in [0, 0.1) is 19.8 Å². The van der Waals surface area contributed by atoms with Gasteiger partial charge >= 0.3 is 0 Å². The molecule has 1 unspecified atom stereocenters. The van der Waals surface area contributed by atoms with E-state index in [1.54, 1.807) is 0 Å². The minimum atomic E-state index is 0.0300. The molecule has 1 aromatic carbocycles. The van der Waals surface area contributed by atoms with Gasteiger partial charge in [-0.3, -0.25) is 0 Å². The molecular weight excluding hydrogens is 234 g/mol. The van der Waals surface area contributed by atoms with Crippen LogP contribution in [-0.2, 0) is 0 Å². The monoisotopic (exact) mass is 257 g/mol. The van der Waals surface area contributed by atoms with Gasteiger partial charge in [0.25, 0.3) is 0 Å². The van der Waals surface area contributed by atoms with Crippen molar-refractivity contribution in [2.75, 3.05) is 0 Å². The van der Waals surface area contributed by atoms with Crippen molar-refractivity contribution >= 4 is 0 Å². The molecular formula is C16H23N3. The van der Waals surface area contributed by atoms with Crippen molar-refractivity contribution in [2.24, 2.45) is 11.7 Å². The Bertz CT molecular complexity index is 555. The van der Waals surface area contributed by atoms with Gasteiger partial charge in [-0.2, -0.15) is 0 Å². The van der Waals surface area contributed by atoms with E-state index in [2.05, 4.69) is 55.4 Å². The second-order valence-electron chi connectivity index (χ2n) is 5.71. The quantitative estimate of drug-likeness (QED) is 0.910. The third-order valence-electron chi connectivity index (χ3n) is 3.40. The summed E-state index contributed by atoms with van der Waals surface area (Å²) in [5.41, 5.74) is 11.0. The minimum Gasteiger partial charge on any atom is -0.323 e. The molecule has 0 saturated heterocycles. The normalized spacial score (nSPS) is 12.9. The molecule has 19 heavy (non-hydrogen) atoms. The molecule has 0 aliphatic carbocycles. The van der Waals surface area contributed by atoms with E-state index in [4.69, 9.17) is 5.73 Å². The lowest BCUT2D eigenvalue weighted by molar-refractivity contribution is 0.498. The Balaban J connectivity index is 2.41. The summed E-state index contributed by atoms with van der Waals surface area (Å²) in [6, 6.07) is 6.48. The highest BCUT2D eigenvalue weighted by Gasteiger charge is 2.15. The Morgan fingerprint density at radius 3 is 2.68 bits per heavy atom. The predicted molar refractivity (Wildman–Crippen MR) is 79.4 cm³/mol. The summed E-state index contributed by atoms with van der Waals surface area (Å²) in [6.45, 7) is 8.61. The van der Waals surface area contributed by atoms with Crippen molar-refractivity contribution in [3.05, 3.63) is 47.5 Å². The summed E-state index contributed by atoms with van der Waals surface area (Å²) in [4.78, 5) is 4.28. The molecule has 102 valence electrons. The zero-order valence-electron chi connectivity index (χ0n) is 12.2. The van der Waals surface area contributed by atoms with Crippen LogP contribution in [0.5, 0.6) is 0 Å². The minimum absolute atomic E-state index is 0.0300. The fourth-order valence-electron chi connectivity index (χ4n) is 2.39. The van der Waals surface area contributed by atoms with Crippen molar-refractivity contribution in [3.63, 3.8) is 0 Å². The number of hydrogen-bond acceptors (Lipinski definition) is 2. The highest BCUT2D eigenvalue weighted by Crippen LogP contribution is 2.24. The van der Waals surface area contributed by atoms with Gasteiger partial charge in [0, 0.05) is 11.7 Å². The third-order valence-corrected chi connectivity index (χ3v) is 3.40. The highest BCUT2D eigenvalue weighted by atomic mass is 15.1. The predicted octanol–water partition coefficient (Wildman–Crippen LogP) is 3.54. The summed E-state index contributed by atoms with van der Waals surface area (Å²) >= 11 is 0. The number of rotatable bonds is 4. The Kier molecular flexibility index (Phi) is 4.05. The number of benzene rings is 1. The van der Waals surface area contributed by atoms with Crippen LogP contribution in [0.4, 0.5) is 0 Å². The summed E-state index contributed by atoms with van der Waals surface area (Å²) in [7, 11) is 0. The summed E-state index contributed by atoms with van der Waals surface area (Å²) in [5, 5.41) is 0. The molecule has 3 nitrogen and oxygen atoms in total. The molecule has 0 aliphatic rings. The number of imidazole rings is 1. The number of hydrogen-bond donors (Lipinski definition) is 1. The largest absolute Gasteiger partial charge is 0.323 e. The van der Waals surface area contributed by atoms with Gasteiger partial charge in [0.15, 0.2) is 0 Å². The van der Waals surface area contributed by atoms with Gasteiger partial charge in [0.2, 0.25) is 0 Å². The van der Waals surface area contributed by atoms with E-state index in [0.717, 1.165) is 12.1 Å². The first kappa shape index (κ1) is 13.8. The van der Waals surface area contributed by atoms with E-state index in [1.807, 2.05) is 12.5 Å². The Labute approximate surface area is 115 Å². The standard InChI is InChI=1S/C16H23N3/c1-11(2)7-14(17)16-9-18-10-19(16)15-8-12(3)5-6-13(15)4/h5-6,8-11,14H,7,17H2,1-4H3. The molecule has 0 spiro atoms. The van der Waals surface area contributed by atoms with E-state index in [-0.39, 0.29) is 6.04 Å². The molecule has 2 N–H and O–H groups in total. The fraction of sp³-hybridized carbons (Fsp3) is 0.438. The van der Waals surface area contributed by atoms with Crippen molar-refractivity contribution in [1.82, 2.24) is 9.55 Å². The van der Waals surface area contributed by atoms with Crippen LogP contribution in [-0.4, -0.2) is 9.55 Å². The highest BCUT2D eigenvalue weighted by molar-refractivity contribution is 5.44. The van der Waals surface area contributed by atoms with Gasteiger partial charge in [-0.25, -0.2) is 4.98 Å². The van der Waals surface area contributed by atoms with Crippen LogP contribution in [0.3, 0.4) is 0 Å². The smallest absolute Gasteiger partial charge is 0.0994 e. The molecule has 0 aliphatic heterocycles. The SMILES string of the molecule is Cc1ccc(C)c(-n2cncc2C(N)CC(C)C)c1. The molecule has 0 amide bonds. The van der Waals surface area contributed by atoms with E-state index < -0.39 is 0 Å². The molecule has 2 aromatic rings. The maximum Gasteiger partial charge on any atom is 0.0994 e. The number of aryl methyl sites for hydroxylation is 2. The van der Waals surface area contributed by atoms with E-state index in [1.165, 1.54) is 16.8 Å². The first-order valence-corrected chi connectivity index (χ1v) is 6.84. The van der Waals surface area contributed by atoms with Crippen molar-refractivity contribution < 1.29 is 0 Å². The molecule has 1 atom stereocenters. The second-order valence-corrected chi connectivity index (χ2v) is 5.71. The first-order chi connectivity index (χ1) is 8.99. The first-order valence-electron chi connectivity index (χ1n) is 6.84. The average molecular weight is 257 g/mol. The second kappa shape index (κ2) is 5.57. The topological polar surface area (TPSA) is 43.8 Å². The lowest BCUT2D eigenvalue weighted by Crippen LogP contribution is -2.17. The summed E-state index contributed by atoms with van der Waals surface area (Å²) in [5.74, 6) is 0.581. The molecule has 1 heterocycles. The van der Waals surface area contributed by atoms with Crippen LogP contribution >= 0.6 is 0 Å². The van der Waals surface area contributed by atoms with Gasteiger partial charge in [0.1, 0.15) is 0 Å². The molecule has 0 fully saturated rings. The number of nitrogens with zero attached hydrogens (tertiary/aromatic N) is 2. The van der Waals surface area contributed by atoms with E-state index >= 15 is 0 Å². The van der Waals surface area contributed by atoms with Gasteiger partial charge in [-0.05, 0) is 43.4 Å². The van der Waals surface area contributed by atoms with E-state index in [9.17, 15) is 0 Å². The lowest BCUT2D eigenvalue weighted by atomic mass is 10.0. The number of aromatic nitrogens is 2. The third kappa shape index (κ3) is 3.04. The maximum atomic E-state index is 6.31. The zero-order chi connectivity index (χ0) is 14.0. The van der Waals surface area contributed by atoms with Gasteiger partial charge in [-0.15, -0.1) is 0 Å². The molecule has 0 bridgehead atoms. The average Bonchev–Trinajstić information content (AvgIpc) is 2.80. The Hall–Kier alpha value is -1.61. The molecule has 0 radical (unpaired) electrons. The van der Waals surface area contributed by atoms with Crippen molar-refractivity contribution in [1.29, 1.82) is 0 Å². The zero-order valence-corrected chi connectivity index (χ0v) is 12.2. The van der Waals surface area contributed by atoms with Crippen molar-refractivity contribution in [3.8, 4) is 5.69 Å². The lowest BCUT2D eigenvalue weighted by Gasteiger charge is -2.18. The molecule has 2 rings (SSSR count). The number of nitrogens with two attached hydrogens (primary N) is 1. The molecule has 3 heteroatoms. The Morgan fingerprint density at radius 1 is 1.26 bits per heavy atom. The van der Waals surface area contributed by atoms with Crippen LogP contribution in [0.15, 0.2) is 30.7 Å². The van der Waals surface area contributed by atoms with Gasteiger partial charge < -0.3 is 10.3 Å². The molecule has 0 saturated carbocycles. The van der Waals surface area contributed by atoms with Gasteiger partial charge in [-0.1, -0.05) is 26.0 Å². The van der Waals surface area contributed by atoms with Crippen LogP contribution in [0.1, 0.15) is 43.1 Å². The maximum absolute atomic E-state index is 6.31. The Morgan fingerprint density at radius 2 is 2.00 bits per heavy atom. The van der Waals surface area contributed by atoms with Crippen LogP contribution in [0.2, 0.25) is 0 Å². The van der Waals surface area contributed by atoms with Crippen LogP contribution < -0.4 is 5.73 Å². The molecule has 1 aromatic heterocycles.